The number of aryl methyl sites for hydroxylation is 1. The van der Waals surface area contributed by atoms with Crippen LogP contribution in [0.2, 0.25) is 0 Å². The van der Waals surface area contributed by atoms with Crippen LogP contribution in [-0.4, -0.2) is 4.98 Å². The van der Waals surface area contributed by atoms with Gasteiger partial charge in [-0.25, -0.2) is 4.98 Å². The number of hydrogen-bond donors (Lipinski definition) is 1. The van der Waals surface area contributed by atoms with Crippen LogP contribution in [-0.2, 0) is 0 Å². The molecule has 1 atom stereocenters. The third-order valence-corrected chi connectivity index (χ3v) is 3.33. The summed E-state index contributed by atoms with van der Waals surface area (Å²) in [6.45, 7) is 2.02. The predicted molar refractivity (Wildman–Crippen MR) is 51.1 cm³/mol. The molecule has 1 aliphatic rings. The minimum atomic E-state index is 0.191. The summed E-state index contributed by atoms with van der Waals surface area (Å²) in [5.74, 6) is 0.893. The van der Waals surface area contributed by atoms with Crippen LogP contribution in [0, 0.1) is 12.8 Å². The lowest BCUT2D eigenvalue weighted by molar-refractivity contribution is 0.593. The number of nitrogens with two attached hydrogens (primary N) is 1. The largest absolute Gasteiger partial charge is 0.322 e. The summed E-state index contributed by atoms with van der Waals surface area (Å²) in [5, 5.41) is 3.18. The fraction of sp³-hybridized carbons (Fsp3) is 0.667. The van der Waals surface area contributed by atoms with Gasteiger partial charge in [0.15, 0.2) is 0 Å². The van der Waals surface area contributed by atoms with E-state index in [9.17, 15) is 0 Å². The van der Waals surface area contributed by atoms with Gasteiger partial charge in [-0.3, -0.25) is 0 Å². The van der Waals surface area contributed by atoms with Crippen LogP contribution in [0.5, 0.6) is 0 Å². The molecule has 0 radical (unpaired) electrons. The van der Waals surface area contributed by atoms with Crippen molar-refractivity contribution in [2.75, 3.05) is 0 Å². The Bertz CT molecular complexity index is 265. The fourth-order valence-electron chi connectivity index (χ4n) is 1.36. The average Bonchev–Trinajstić information content (AvgIpc) is 2.72. The molecular formula is C9H14N2S. The molecule has 0 bridgehead atoms. The summed E-state index contributed by atoms with van der Waals surface area (Å²) in [6, 6.07) is 0.191. The maximum Gasteiger partial charge on any atom is 0.110 e. The van der Waals surface area contributed by atoms with E-state index < -0.39 is 0 Å². The van der Waals surface area contributed by atoms with Crippen LogP contribution in [0.1, 0.15) is 36.0 Å². The Balaban J connectivity index is 1.97. The molecule has 0 aromatic carbocycles. The smallest absolute Gasteiger partial charge is 0.110 e. The molecule has 1 aliphatic carbocycles. The summed E-state index contributed by atoms with van der Waals surface area (Å²) >= 11 is 1.69. The quantitative estimate of drug-likeness (QED) is 0.778. The summed E-state index contributed by atoms with van der Waals surface area (Å²) < 4.78 is 0. The molecule has 1 heterocycles. The Morgan fingerprint density at radius 1 is 1.75 bits per heavy atom. The van der Waals surface area contributed by atoms with Crippen molar-refractivity contribution in [3.63, 3.8) is 0 Å². The monoisotopic (exact) mass is 182 g/mol. The van der Waals surface area contributed by atoms with Crippen LogP contribution >= 0.6 is 11.3 Å². The SMILES string of the molecule is Cc1csc([C@H](N)CC2CC2)n1. The summed E-state index contributed by atoms with van der Waals surface area (Å²) in [7, 11) is 0. The van der Waals surface area contributed by atoms with Crippen LogP contribution in [0.15, 0.2) is 5.38 Å². The zero-order valence-corrected chi connectivity index (χ0v) is 8.10. The first-order valence-corrected chi connectivity index (χ1v) is 5.31. The number of rotatable bonds is 3. The van der Waals surface area contributed by atoms with Crippen molar-refractivity contribution in [3.8, 4) is 0 Å². The molecule has 2 rings (SSSR count). The second kappa shape index (κ2) is 3.15. The average molecular weight is 182 g/mol. The molecule has 2 nitrogen and oxygen atoms in total. The predicted octanol–water partition coefficient (Wildman–Crippen LogP) is 2.25. The zero-order chi connectivity index (χ0) is 8.55. The lowest BCUT2D eigenvalue weighted by Crippen LogP contribution is -2.10. The van der Waals surface area contributed by atoms with Crippen molar-refractivity contribution in [3.05, 3.63) is 16.1 Å². The highest BCUT2D eigenvalue weighted by atomic mass is 32.1. The second-order valence-electron chi connectivity index (χ2n) is 3.61. The van der Waals surface area contributed by atoms with Crippen LogP contribution < -0.4 is 5.73 Å². The van der Waals surface area contributed by atoms with Gasteiger partial charge in [-0.2, -0.15) is 0 Å². The summed E-state index contributed by atoms with van der Waals surface area (Å²) in [5.41, 5.74) is 7.10. The maximum atomic E-state index is 6.00. The van der Waals surface area contributed by atoms with Gasteiger partial charge in [0, 0.05) is 11.1 Å². The van der Waals surface area contributed by atoms with E-state index in [2.05, 4.69) is 10.4 Å². The molecule has 1 saturated carbocycles. The Labute approximate surface area is 76.8 Å². The van der Waals surface area contributed by atoms with Gasteiger partial charge in [-0.15, -0.1) is 11.3 Å². The molecule has 2 N–H and O–H groups in total. The minimum absolute atomic E-state index is 0.191. The molecule has 0 unspecified atom stereocenters. The maximum absolute atomic E-state index is 6.00. The van der Waals surface area contributed by atoms with Gasteiger partial charge in [-0.1, -0.05) is 12.8 Å². The van der Waals surface area contributed by atoms with Gasteiger partial charge in [-0.05, 0) is 19.3 Å². The van der Waals surface area contributed by atoms with E-state index in [4.69, 9.17) is 5.73 Å². The van der Waals surface area contributed by atoms with Gasteiger partial charge in [0.25, 0.3) is 0 Å². The lowest BCUT2D eigenvalue weighted by atomic mass is 10.1. The molecule has 12 heavy (non-hydrogen) atoms. The van der Waals surface area contributed by atoms with E-state index in [-0.39, 0.29) is 6.04 Å². The highest BCUT2D eigenvalue weighted by molar-refractivity contribution is 7.09. The van der Waals surface area contributed by atoms with Gasteiger partial charge in [0.05, 0.1) is 6.04 Å². The number of nitrogens with zero attached hydrogens (tertiary/aromatic N) is 1. The second-order valence-corrected chi connectivity index (χ2v) is 4.50. The first-order valence-electron chi connectivity index (χ1n) is 4.43. The molecule has 0 amide bonds. The van der Waals surface area contributed by atoms with Crippen LogP contribution in [0.25, 0.3) is 0 Å². The first kappa shape index (κ1) is 8.20. The molecule has 0 saturated heterocycles. The van der Waals surface area contributed by atoms with E-state index in [0.29, 0.717) is 0 Å². The number of aromatic nitrogens is 1. The van der Waals surface area contributed by atoms with Crippen molar-refractivity contribution in [2.24, 2.45) is 11.7 Å². The third kappa shape index (κ3) is 1.84. The summed E-state index contributed by atoms with van der Waals surface area (Å²) in [4.78, 5) is 4.38. The van der Waals surface area contributed by atoms with Gasteiger partial charge in [0.1, 0.15) is 5.01 Å². The third-order valence-electron chi connectivity index (χ3n) is 2.24. The number of thiazole rings is 1. The fourth-order valence-corrected chi connectivity index (χ4v) is 2.17. The van der Waals surface area contributed by atoms with E-state index >= 15 is 0 Å². The molecule has 0 aliphatic heterocycles. The molecule has 66 valence electrons. The molecule has 3 heteroatoms. The molecule has 1 aromatic rings. The van der Waals surface area contributed by atoms with Crippen molar-refractivity contribution in [2.45, 2.75) is 32.2 Å². The van der Waals surface area contributed by atoms with Crippen LogP contribution in [0.4, 0.5) is 0 Å². The Hall–Kier alpha value is -0.410. The Morgan fingerprint density at radius 3 is 3.00 bits per heavy atom. The standard InChI is InChI=1S/C9H14N2S/c1-6-5-12-9(11-6)8(10)4-7-2-3-7/h5,7-8H,2-4,10H2,1H3/t8-/m1/s1. The van der Waals surface area contributed by atoms with E-state index in [0.717, 1.165) is 23.0 Å². The Kier molecular flexibility index (Phi) is 2.15. The topological polar surface area (TPSA) is 38.9 Å². The van der Waals surface area contributed by atoms with E-state index in [1.807, 2.05) is 6.92 Å². The van der Waals surface area contributed by atoms with E-state index in [1.165, 1.54) is 12.8 Å². The van der Waals surface area contributed by atoms with Crippen molar-refractivity contribution >= 4 is 11.3 Å². The highest BCUT2D eigenvalue weighted by Gasteiger charge is 2.25. The zero-order valence-electron chi connectivity index (χ0n) is 7.29. The van der Waals surface area contributed by atoms with Gasteiger partial charge in [0.2, 0.25) is 0 Å². The lowest BCUT2D eigenvalue weighted by Gasteiger charge is -2.05. The minimum Gasteiger partial charge on any atom is -0.322 e. The van der Waals surface area contributed by atoms with Crippen LogP contribution in [0.3, 0.4) is 0 Å². The molecule has 0 spiro atoms. The summed E-state index contributed by atoms with van der Waals surface area (Å²) in [6.07, 6.45) is 3.88. The normalized spacial score (nSPS) is 19.5. The number of hydrogen-bond acceptors (Lipinski definition) is 3. The Morgan fingerprint density at radius 2 is 2.50 bits per heavy atom. The van der Waals surface area contributed by atoms with Gasteiger partial charge < -0.3 is 5.73 Å². The molecule has 1 aromatic heterocycles. The van der Waals surface area contributed by atoms with Crippen molar-refractivity contribution in [1.82, 2.24) is 4.98 Å². The van der Waals surface area contributed by atoms with Crippen molar-refractivity contribution < 1.29 is 0 Å². The van der Waals surface area contributed by atoms with Gasteiger partial charge >= 0.3 is 0 Å². The molecule has 1 fully saturated rings. The van der Waals surface area contributed by atoms with E-state index in [1.54, 1.807) is 11.3 Å². The van der Waals surface area contributed by atoms with Crippen molar-refractivity contribution in [1.29, 1.82) is 0 Å². The molecular weight excluding hydrogens is 168 g/mol. The first-order chi connectivity index (χ1) is 5.75. The highest BCUT2D eigenvalue weighted by Crippen LogP contribution is 2.37.